The lowest BCUT2D eigenvalue weighted by Crippen LogP contribution is -2.29. The van der Waals surface area contributed by atoms with Gasteiger partial charge in [-0.25, -0.2) is 0 Å². The van der Waals surface area contributed by atoms with Crippen LogP contribution in [0.5, 0.6) is 0 Å². The van der Waals surface area contributed by atoms with E-state index >= 15 is 0 Å². The van der Waals surface area contributed by atoms with E-state index in [2.05, 4.69) is 4.99 Å². The summed E-state index contributed by atoms with van der Waals surface area (Å²) in [5.41, 5.74) is 0.684. The molecule has 7 heteroatoms. The largest absolute Gasteiger partial charge is 0.473 e. The van der Waals surface area contributed by atoms with Crippen LogP contribution in [0.2, 0.25) is 0 Å². The molecule has 0 saturated heterocycles. The number of hydrogen-bond acceptors (Lipinski definition) is 1. The van der Waals surface area contributed by atoms with Crippen LogP contribution in [-0.2, 0) is 23.8 Å². The topological polar surface area (TPSA) is 39.3 Å². The summed E-state index contributed by atoms with van der Waals surface area (Å²) in [4.78, 5) is 14.4. The maximum absolute atomic E-state index is 12.4. The molecule has 0 bridgehead atoms. The lowest BCUT2D eigenvalue weighted by Gasteiger charge is -2.20. The summed E-state index contributed by atoms with van der Waals surface area (Å²) in [7, 11) is 1.79. The van der Waals surface area contributed by atoms with Gasteiger partial charge in [-0.2, -0.15) is 18.2 Å². The molecule has 0 N–H and O–H groups in total. The lowest BCUT2D eigenvalue weighted by atomic mass is 9.92. The number of amides is 1. The second-order valence-corrected chi connectivity index (χ2v) is 6.60. The molecular formula is C14H20F3N3O. The molecule has 2 rings (SSSR count). The molecule has 0 radical (unpaired) electrons. The molecule has 0 spiro atoms. The fourth-order valence-corrected chi connectivity index (χ4v) is 2.29. The van der Waals surface area contributed by atoms with Crippen molar-refractivity contribution in [3.8, 4) is 0 Å². The SMILES string of the molecule is Cn1c(C(C)(C)C)cc(=NC(=O)C(F)(F)F)n1CC1CC1. The molecule has 0 unspecified atom stereocenters. The van der Waals surface area contributed by atoms with E-state index in [0.717, 1.165) is 18.5 Å². The molecule has 1 aliphatic carbocycles. The van der Waals surface area contributed by atoms with Crippen LogP contribution in [0.3, 0.4) is 0 Å². The first-order valence-electron chi connectivity index (χ1n) is 6.93. The number of carbonyl (C=O) groups excluding carboxylic acids is 1. The minimum Gasteiger partial charge on any atom is -0.291 e. The van der Waals surface area contributed by atoms with E-state index in [9.17, 15) is 18.0 Å². The summed E-state index contributed by atoms with van der Waals surface area (Å²) in [5, 5.41) is 0. The second kappa shape index (κ2) is 5.03. The molecule has 4 nitrogen and oxygen atoms in total. The van der Waals surface area contributed by atoms with E-state index in [1.807, 2.05) is 20.8 Å². The number of carbonyl (C=O) groups is 1. The van der Waals surface area contributed by atoms with E-state index in [4.69, 9.17) is 0 Å². The minimum absolute atomic E-state index is 0.0802. The van der Waals surface area contributed by atoms with Crippen molar-refractivity contribution < 1.29 is 18.0 Å². The molecule has 21 heavy (non-hydrogen) atoms. The zero-order chi connectivity index (χ0) is 16.0. The highest BCUT2D eigenvalue weighted by Gasteiger charge is 2.39. The van der Waals surface area contributed by atoms with E-state index in [0.29, 0.717) is 12.5 Å². The van der Waals surface area contributed by atoms with E-state index in [-0.39, 0.29) is 10.9 Å². The Labute approximate surface area is 121 Å². The molecule has 1 aliphatic rings. The zero-order valence-corrected chi connectivity index (χ0v) is 12.7. The normalized spacial score (nSPS) is 17.4. The van der Waals surface area contributed by atoms with Crippen LogP contribution < -0.4 is 5.49 Å². The smallest absolute Gasteiger partial charge is 0.291 e. The highest BCUT2D eigenvalue weighted by molar-refractivity contribution is 5.82. The first kappa shape index (κ1) is 15.9. The Morgan fingerprint density at radius 2 is 1.90 bits per heavy atom. The third-order valence-corrected chi connectivity index (χ3v) is 3.60. The van der Waals surface area contributed by atoms with Crippen LogP contribution >= 0.6 is 0 Å². The van der Waals surface area contributed by atoms with E-state index in [1.54, 1.807) is 22.5 Å². The highest BCUT2D eigenvalue weighted by atomic mass is 19.4. The third-order valence-electron chi connectivity index (χ3n) is 3.60. The van der Waals surface area contributed by atoms with Crippen LogP contribution in [0.25, 0.3) is 0 Å². The predicted molar refractivity (Wildman–Crippen MR) is 71.5 cm³/mol. The van der Waals surface area contributed by atoms with Crippen molar-refractivity contribution in [2.75, 3.05) is 0 Å². The predicted octanol–water partition coefficient (Wildman–Crippen LogP) is 2.52. The Kier molecular flexibility index (Phi) is 3.80. The van der Waals surface area contributed by atoms with Gasteiger partial charge in [0.2, 0.25) is 0 Å². The average Bonchev–Trinajstić information content (AvgIpc) is 3.06. The number of nitrogens with zero attached hydrogens (tertiary/aromatic N) is 3. The molecule has 0 atom stereocenters. The molecule has 1 saturated carbocycles. The molecule has 0 aliphatic heterocycles. The van der Waals surface area contributed by atoms with E-state index in [1.165, 1.54) is 0 Å². The van der Waals surface area contributed by atoms with Gasteiger partial charge in [0, 0.05) is 30.8 Å². The fourth-order valence-electron chi connectivity index (χ4n) is 2.29. The standard InChI is InChI=1S/C14H20F3N3O/c1-13(2,3)10-7-11(18-12(21)14(15,16)17)20(19(10)4)8-9-5-6-9/h7,9H,5-6,8H2,1-4H3. The van der Waals surface area contributed by atoms with Crippen molar-refractivity contribution in [3.05, 3.63) is 17.2 Å². The summed E-state index contributed by atoms with van der Waals surface area (Å²) in [6, 6.07) is 1.58. The van der Waals surface area contributed by atoms with E-state index < -0.39 is 12.1 Å². The van der Waals surface area contributed by atoms with Crippen LogP contribution in [-0.4, -0.2) is 21.4 Å². The maximum atomic E-state index is 12.4. The molecule has 0 aromatic carbocycles. The summed E-state index contributed by atoms with van der Waals surface area (Å²) >= 11 is 0. The van der Waals surface area contributed by atoms with Gasteiger partial charge in [0.05, 0.1) is 0 Å². The number of alkyl halides is 3. The molecule has 1 fully saturated rings. The summed E-state index contributed by atoms with van der Waals surface area (Å²) in [6.07, 6.45) is -2.81. The van der Waals surface area contributed by atoms with Gasteiger partial charge in [-0.1, -0.05) is 20.8 Å². The van der Waals surface area contributed by atoms with Gasteiger partial charge in [0.1, 0.15) is 0 Å². The van der Waals surface area contributed by atoms with Crippen LogP contribution in [0.4, 0.5) is 13.2 Å². The Morgan fingerprint density at radius 3 is 2.33 bits per heavy atom. The quantitative estimate of drug-likeness (QED) is 0.827. The minimum atomic E-state index is -4.94. The second-order valence-electron chi connectivity index (χ2n) is 6.60. The zero-order valence-electron chi connectivity index (χ0n) is 12.7. The van der Waals surface area contributed by atoms with Crippen molar-refractivity contribution in [3.63, 3.8) is 0 Å². The van der Waals surface area contributed by atoms with Crippen molar-refractivity contribution >= 4 is 5.91 Å². The first-order chi connectivity index (χ1) is 9.50. The molecular weight excluding hydrogens is 283 g/mol. The monoisotopic (exact) mass is 303 g/mol. The fraction of sp³-hybridized carbons (Fsp3) is 0.714. The summed E-state index contributed by atoms with van der Waals surface area (Å²) < 4.78 is 40.7. The van der Waals surface area contributed by atoms with Crippen molar-refractivity contribution in [1.82, 2.24) is 9.36 Å². The Balaban J connectivity index is 2.52. The van der Waals surface area contributed by atoms with Crippen LogP contribution in [0.1, 0.15) is 39.3 Å². The Morgan fingerprint density at radius 1 is 1.33 bits per heavy atom. The number of rotatable bonds is 2. The van der Waals surface area contributed by atoms with Crippen LogP contribution in [0, 0.1) is 5.92 Å². The Hall–Kier alpha value is -1.53. The number of aromatic nitrogens is 2. The molecule has 1 aromatic rings. The average molecular weight is 303 g/mol. The van der Waals surface area contributed by atoms with Gasteiger partial charge >= 0.3 is 12.1 Å². The molecule has 1 aromatic heterocycles. The van der Waals surface area contributed by atoms with Gasteiger partial charge in [-0.15, -0.1) is 0 Å². The number of hydrogen-bond donors (Lipinski definition) is 0. The lowest BCUT2D eigenvalue weighted by molar-refractivity contribution is -0.169. The highest BCUT2D eigenvalue weighted by Crippen LogP contribution is 2.30. The maximum Gasteiger partial charge on any atom is 0.473 e. The van der Waals surface area contributed by atoms with Crippen LogP contribution in [0.15, 0.2) is 11.1 Å². The summed E-state index contributed by atoms with van der Waals surface area (Å²) in [5.74, 6) is -1.59. The molecule has 1 heterocycles. The molecule has 118 valence electrons. The van der Waals surface area contributed by atoms with Gasteiger partial charge in [-0.05, 0) is 18.8 Å². The third kappa shape index (κ3) is 3.57. The van der Waals surface area contributed by atoms with Crippen molar-refractivity contribution in [1.29, 1.82) is 0 Å². The Bertz CT molecular complexity index is 613. The van der Waals surface area contributed by atoms with Gasteiger partial charge in [-0.3, -0.25) is 14.2 Å². The first-order valence-corrected chi connectivity index (χ1v) is 6.93. The van der Waals surface area contributed by atoms with Crippen molar-refractivity contribution in [2.45, 2.75) is 51.7 Å². The molecule has 1 amide bonds. The van der Waals surface area contributed by atoms with Crippen molar-refractivity contribution in [2.24, 2.45) is 18.0 Å². The summed E-state index contributed by atoms with van der Waals surface area (Å²) in [6.45, 7) is 6.51. The number of halogens is 3. The van der Waals surface area contributed by atoms with Gasteiger partial charge in [0.15, 0.2) is 5.49 Å². The van der Waals surface area contributed by atoms with Gasteiger partial charge < -0.3 is 0 Å². The van der Waals surface area contributed by atoms with Gasteiger partial charge in [0.25, 0.3) is 0 Å².